The zero-order valence-corrected chi connectivity index (χ0v) is 15.2. The van der Waals surface area contributed by atoms with E-state index in [4.69, 9.17) is 0 Å². The van der Waals surface area contributed by atoms with Gasteiger partial charge >= 0.3 is 0 Å². The van der Waals surface area contributed by atoms with Gasteiger partial charge in [0.1, 0.15) is 0 Å². The van der Waals surface area contributed by atoms with Crippen LogP contribution in [0.4, 0.5) is 5.95 Å². The molecule has 0 unspecified atom stereocenters. The van der Waals surface area contributed by atoms with Gasteiger partial charge in [0.25, 0.3) is 0 Å². The fraction of sp³-hybridized carbons (Fsp3) is 0.529. The number of carbonyl (C=O) groups excluding carboxylic acids is 1. The first-order chi connectivity index (χ1) is 12.0. The molecule has 0 bridgehead atoms. The van der Waals surface area contributed by atoms with E-state index in [-0.39, 0.29) is 18.0 Å². The summed E-state index contributed by atoms with van der Waals surface area (Å²) in [5.41, 5.74) is 2.06. The molecular formula is C17H25N7O. The minimum Gasteiger partial charge on any atom is -0.347 e. The summed E-state index contributed by atoms with van der Waals surface area (Å²) in [5, 5.41) is 7.83. The van der Waals surface area contributed by atoms with Crippen molar-refractivity contribution in [3.05, 3.63) is 35.9 Å². The normalized spacial score (nSPS) is 20.8. The third kappa shape index (κ3) is 3.63. The average molecular weight is 343 g/mol. The molecule has 3 rings (SSSR count). The van der Waals surface area contributed by atoms with Crippen LogP contribution in [0.2, 0.25) is 0 Å². The van der Waals surface area contributed by atoms with Crippen LogP contribution in [-0.4, -0.2) is 57.7 Å². The van der Waals surface area contributed by atoms with Gasteiger partial charge in [-0.25, -0.2) is 9.97 Å². The van der Waals surface area contributed by atoms with Gasteiger partial charge in [-0.3, -0.25) is 9.48 Å². The molecule has 25 heavy (non-hydrogen) atoms. The van der Waals surface area contributed by atoms with E-state index in [9.17, 15) is 4.79 Å². The first kappa shape index (κ1) is 17.3. The first-order valence-electron chi connectivity index (χ1n) is 8.42. The summed E-state index contributed by atoms with van der Waals surface area (Å²) in [5.74, 6) is 0.863. The predicted molar refractivity (Wildman–Crippen MR) is 94.9 cm³/mol. The molecule has 1 N–H and O–H groups in total. The summed E-state index contributed by atoms with van der Waals surface area (Å²) < 4.78 is 1.84. The number of nitrogens with one attached hydrogen (secondary N) is 1. The van der Waals surface area contributed by atoms with E-state index in [1.165, 1.54) is 0 Å². The molecule has 2 atom stereocenters. The van der Waals surface area contributed by atoms with Crippen molar-refractivity contribution in [3.63, 3.8) is 0 Å². The van der Waals surface area contributed by atoms with E-state index < -0.39 is 0 Å². The van der Waals surface area contributed by atoms with E-state index in [2.05, 4.69) is 20.4 Å². The Kier molecular flexibility index (Phi) is 4.98. The molecule has 8 nitrogen and oxygen atoms in total. The summed E-state index contributed by atoms with van der Waals surface area (Å²) in [7, 11) is 7.61. The molecule has 2 aromatic heterocycles. The monoisotopic (exact) mass is 343 g/mol. The molecule has 2 aromatic rings. The molecule has 3 heterocycles. The van der Waals surface area contributed by atoms with E-state index in [1.807, 2.05) is 61.1 Å². The molecule has 1 aliphatic rings. The van der Waals surface area contributed by atoms with Crippen molar-refractivity contribution in [2.24, 2.45) is 7.05 Å². The Morgan fingerprint density at radius 3 is 2.60 bits per heavy atom. The van der Waals surface area contributed by atoms with Crippen molar-refractivity contribution in [1.82, 2.24) is 30.0 Å². The van der Waals surface area contributed by atoms with E-state index in [0.717, 1.165) is 17.7 Å². The van der Waals surface area contributed by atoms with Gasteiger partial charge in [0, 0.05) is 71.4 Å². The van der Waals surface area contributed by atoms with Gasteiger partial charge in [-0.1, -0.05) is 0 Å². The highest BCUT2D eigenvalue weighted by molar-refractivity contribution is 5.77. The van der Waals surface area contributed by atoms with Crippen molar-refractivity contribution in [2.75, 3.05) is 26.0 Å². The number of rotatable bonds is 5. The van der Waals surface area contributed by atoms with Crippen LogP contribution < -0.4 is 10.2 Å². The molecule has 0 aromatic carbocycles. The molecule has 0 aliphatic carbocycles. The maximum atomic E-state index is 12.2. The topological polar surface area (TPSA) is 79.2 Å². The molecule has 0 spiro atoms. The van der Waals surface area contributed by atoms with Crippen LogP contribution in [0.25, 0.3) is 0 Å². The number of likely N-dealkylation sites (tertiary alicyclic amines) is 1. The van der Waals surface area contributed by atoms with Crippen LogP contribution in [0.1, 0.15) is 30.1 Å². The Bertz CT molecular complexity index is 725. The van der Waals surface area contributed by atoms with Gasteiger partial charge in [0.05, 0.1) is 11.7 Å². The van der Waals surface area contributed by atoms with Crippen molar-refractivity contribution in [3.8, 4) is 0 Å². The highest BCUT2D eigenvalue weighted by Crippen LogP contribution is 2.30. The fourth-order valence-corrected chi connectivity index (χ4v) is 3.25. The number of anilines is 1. The van der Waals surface area contributed by atoms with Crippen molar-refractivity contribution in [2.45, 2.75) is 31.5 Å². The average Bonchev–Trinajstić information content (AvgIpc) is 3.02. The number of amides is 1. The maximum absolute atomic E-state index is 12.2. The zero-order valence-electron chi connectivity index (χ0n) is 15.2. The minimum absolute atomic E-state index is 0.0317. The molecule has 0 saturated carbocycles. The summed E-state index contributed by atoms with van der Waals surface area (Å²) >= 11 is 0. The summed E-state index contributed by atoms with van der Waals surface area (Å²) in [6.45, 7) is 0.661. The Morgan fingerprint density at radius 2 is 2.00 bits per heavy atom. The number of hydrogen-bond acceptors (Lipinski definition) is 6. The minimum atomic E-state index is -0.0317. The second-order valence-electron chi connectivity index (χ2n) is 6.64. The van der Waals surface area contributed by atoms with E-state index in [1.54, 1.807) is 6.20 Å². The van der Waals surface area contributed by atoms with Crippen LogP contribution in [0.5, 0.6) is 0 Å². The summed E-state index contributed by atoms with van der Waals surface area (Å²) in [6.07, 6.45) is 6.81. The number of piperidine rings is 1. The molecule has 1 saturated heterocycles. The van der Waals surface area contributed by atoms with Gasteiger partial charge in [-0.2, -0.15) is 5.10 Å². The third-order valence-corrected chi connectivity index (χ3v) is 4.68. The van der Waals surface area contributed by atoms with Gasteiger partial charge < -0.3 is 15.1 Å². The van der Waals surface area contributed by atoms with Crippen LogP contribution in [0.3, 0.4) is 0 Å². The molecule has 8 heteroatoms. The van der Waals surface area contributed by atoms with E-state index >= 15 is 0 Å². The van der Waals surface area contributed by atoms with Crippen molar-refractivity contribution >= 4 is 11.9 Å². The lowest BCUT2D eigenvalue weighted by molar-refractivity contribution is -0.136. The summed E-state index contributed by atoms with van der Waals surface area (Å²) in [4.78, 5) is 24.6. The zero-order chi connectivity index (χ0) is 18.0. The quantitative estimate of drug-likeness (QED) is 0.862. The predicted octanol–water partition coefficient (Wildman–Crippen LogP) is 0.728. The van der Waals surface area contributed by atoms with Gasteiger partial charge in [-0.05, 0) is 12.5 Å². The third-order valence-electron chi connectivity index (χ3n) is 4.68. The van der Waals surface area contributed by atoms with Crippen molar-refractivity contribution in [1.29, 1.82) is 0 Å². The maximum Gasteiger partial charge on any atom is 0.224 e. The number of aromatic nitrogens is 4. The Hall–Kier alpha value is -2.48. The van der Waals surface area contributed by atoms with Gasteiger partial charge in [0.15, 0.2) is 0 Å². The molecule has 0 radical (unpaired) electrons. The lowest BCUT2D eigenvalue weighted by atomic mass is 9.93. The number of nitrogens with zero attached hydrogens (tertiary/aromatic N) is 6. The molecule has 1 aliphatic heterocycles. The first-order valence-corrected chi connectivity index (χ1v) is 8.42. The smallest absolute Gasteiger partial charge is 0.224 e. The molecule has 1 amide bonds. The Morgan fingerprint density at radius 1 is 1.28 bits per heavy atom. The molecule has 134 valence electrons. The second kappa shape index (κ2) is 7.18. The number of hydrogen-bond donors (Lipinski definition) is 1. The van der Waals surface area contributed by atoms with Crippen LogP contribution in [-0.2, 0) is 18.4 Å². The highest BCUT2D eigenvalue weighted by atomic mass is 16.2. The number of carbonyl (C=O) groups is 1. The van der Waals surface area contributed by atoms with Crippen LogP contribution in [0, 0.1) is 0 Å². The van der Waals surface area contributed by atoms with Crippen molar-refractivity contribution < 1.29 is 4.79 Å². The Balaban J connectivity index is 1.73. The number of aryl methyl sites for hydroxylation is 1. The van der Waals surface area contributed by atoms with Crippen LogP contribution >= 0.6 is 0 Å². The largest absolute Gasteiger partial charge is 0.347 e. The summed E-state index contributed by atoms with van der Waals surface area (Å²) in [6, 6.07) is 2.10. The van der Waals surface area contributed by atoms with E-state index in [0.29, 0.717) is 18.9 Å². The lowest BCUT2D eigenvalue weighted by Crippen LogP contribution is -2.49. The standard InChI is InChI=1S/C17H25N7O/c1-22(2)17-19-10-12(11-20-17)9-18-13-5-6-15(25)23(3)16(13)14-7-8-21-24(14)4/h7-8,10-11,13,16,18H,5-6,9H2,1-4H3/t13-,16-/m1/s1. The SMILES string of the molecule is CN(C)c1ncc(CN[C@@H]2CCC(=O)N(C)[C@H]2c2ccnn2C)cn1. The Labute approximate surface area is 147 Å². The van der Waals surface area contributed by atoms with Gasteiger partial charge in [-0.15, -0.1) is 0 Å². The molecular weight excluding hydrogens is 318 g/mol. The van der Waals surface area contributed by atoms with Crippen LogP contribution in [0.15, 0.2) is 24.7 Å². The lowest BCUT2D eigenvalue weighted by Gasteiger charge is -2.39. The van der Waals surface area contributed by atoms with Gasteiger partial charge in [0.2, 0.25) is 11.9 Å². The highest BCUT2D eigenvalue weighted by Gasteiger charge is 2.35. The number of likely N-dealkylation sites (N-methyl/N-ethyl adjacent to an activating group) is 1. The molecule has 1 fully saturated rings. The second-order valence-corrected chi connectivity index (χ2v) is 6.64. The fourth-order valence-electron chi connectivity index (χ4n) is 3.25.